The SMILES string of the molecule is COC(=O)CN(C)S(=O)(=O)c1cn[nH]c1C. The number of likely N-dealkylation sites (N-methyl/N-ethyl adjacent to an activating group) is 1. The lowest BCUT2D eigenvalue weighted by molar-refractivity contribution is -0.140. The molecule has 0 atom stereocenters. The molecule has 1 heterocycles. The second-order valence-electron chi connectivity index (χ2n) is 3.20. The minimum Gasteiger partial charge on any atom is -0.468 e. The van der Waals surface area contributed by atoms with Gasteiger partial charge in [0.05, 0.1) is 19.0 Å². The third-order valence-corrected chi connectivity index (χ3v) is 3.97. The van der Waals surface area contributed by atoms with E-state index < -0.39 is 16.0 Å². The maximum Gasteiger partial charge on any atom is 0.321 e. The number of aromatic amines is 1. The first-order valence-corrected chi connectivity index (χ1v) is 5.86. The molecule has 0 fully saturated rings. The van der Waals surface area contributed by atoms with Crippen molar-refractivity contribution in [3.8, 4) is 0 Å². The Kier molecular flexibility index (Phi) is 3.66. The van der Waals surface area contributed by atoms with Crippen LogP contribution in [0.4, 0.5) is 0 Å². The lowest BCUT2D eigenvalue weighted by atomic mass is 10.5. The monoisotopic (exact) mass is 247 g/mol. The fourth-order valence-corrected chi connectivity index (χ4v) is 2.33. The molecule has 1 aromatic rings. The van der Waals surface area contributed by atoms with Crippen LogP contribution < -0.4 is 0 Å². The summed E-state index contributed by atoms with van der Waals surface area (Å²) in [6.07, 6.45) is 1.21. The van der Waals surface area contributed by atoms with Gasteiger partial charge in [-0.2, -0.15) is 9.40 Å². The fraction of sp³-hybridized carbons (Fsp3) is 0.500. The van der Waals surface area contributed by atoms with Crippen molar-refractivity contribution >= 4 is 16.0 Å². The molecule has 0 aliphatic rings. The predicted octanol–water partition coefficient (Wildman–Crippen LogP) is -0.488. The van der Waals surface area contributed by atoms with Gasteiger partial charge in [0.15, 0.2) is 0 Å². The summed E-state index contributed by atoms with van der Waals surface area (Å²) < 4.78 is 29.2. The van der Waals surface area contributed by atoms with E-state index in [0.29, 0.717) is 5.69 Å². The van der Waals surface area contributed by atoms with E-state index in [4.69, 9.17) is 0 Å². The van der Waals surface area contributed by atoms with Gasteiger partial charge < -0.3 is 4.74 Å². The molecule has 1 N–H and O–H groups in total. The van der Waals surface area contributed by atoms with Crippen LogP contribution in [0.3, 0.4) is 0 Å². The smallest absolute Gasteiger partial charge is 0.321 e. The van der Waals surface area contributed by atoms with E-state index in [1.165, 1.54) is 20.4 Å². The van der Waals surface area contributed by atoms with Crippen molar-refractivity contribution in [2.45, 2.75) is 11.8 Å². The van der Waals surface area contributed by atoms with Gasteiger partial charge in [0.1, 0.15) is 11.4 Å². The number of carbonyl (C=O) groups excluding carboxylic acids is 1. The van der Waals surface area contributed by atoms with Gasteiger partial charge >= 0.3 is 5.97 Å². The number of H-pyrrole nitrogens is 1. The van der Waals surface area contributed by atoms with Crippen molar-refractivity contribution < 1.29 is 17.9 Å². The van der Waals surface area contributed by atoms with Crippen LogP contribution in [-0.2, 0) is 19.6 Å². The first-order chi connectivity index (χ1) is 7.39. The Morgan fingerprint density at radius 2 is 2.25 bits per heavy atom. The summed E-state index contributed by atoms with van der Waals surface area (Å²) >= 11 is 0. The molecule has 0 aromatic carbocycles. The highest BCUT2D eigenvalue weighted by atomic mass is 32.2. The first kappa shape index (κ1) is 12.7. The van der Waals surface area contributed by atoms with Gasteiger partial charge in [-0.3, -0.25) is 9.89 Å². The molecule has 0 saturated heterocycles. The van der Waals surface area contributed by atoms with Gasteiger partial charge in [-0.15, -0.1) is 0 Å². The van der Waals surface area contributed by atoms with E-state index in [9.17, 15) is 13.2 Å². The highest BCUT2D eigenvalue weighted by Gasteiger charge is 2.25. The Hall–Kier alpha value is -1.41. The van der Waals surface area contributed by atoms with Gasteiger partial charge in [0.25, 0.3) is 0 Å². The molecule has 0 radical (unpaired) electrons. The van der Waals surface area contributed by atoms with Crippen LogP contribution in [0.5, 0.6) is 0 Å². The Balaban J connectivity index is 2.95. The Bertz CT molecular complexity index is 479. The zero-order chi connectivity index (χ0) is 12.3. The van der Waals surface area contributed by atoms with Crippen molar-refractivity contribution in [3.63, 3.8) is 0 Å². The normalized spacial score (nSPS) is 11.8. The van der Waals surface area contributed by atoms with Crippen LogP contribution in [0, 0.1) is 6.92 Å². The molecular weight excluding hydrogens is 234 g/mol. The molecule has 0 unspecified atom stereocenters. The molecule has 16 heavy (non-hydrogen) atoms. The number of hydrogen-bond acceptors (Lipinski definition) is 5. The van der Waals surface area contributed by atoms with E-state index >= 15 is 0 Å². The Morgan fingerprint density at radius 3 is 2.69 bits per heavy atom. The van der Waals surface area contributed by atoms with Gasteiger partial charge in [0.2, 0.25) is 10.0 Å². The first-order valence-electron chi connectivity index (χ1n) is 4.42. The fourth-order valence-electron chi connectivity index (χ4n) is 1.10. The number of methoxy groups -OCH3 is 1. The number of aryl methyl sites for hydroxylation is 1. The number of aromatic nitrogens is 2. The number of carbonyl (C=O) groups is 1. The standard InChI is InChI=1S/C8H13N3O4S/c1-6-7(4-9-10-6)16(13,14)11(2)5-8(12)15-3/h4H,5H2,1-3H3,(H,9,10). The Morgan fingerprint density at radius 1 is 1.62 bits per heavy atom. The van der Waals surface area contributed by atoms with Crippen LogP contribution in [0.25, 0.3) is 0 Å². The quantitative estimate of drug-likeness (QED) is 0.725. The number of sulfonamides is 1. The summed E-state index contributed by atoms with van der Waals surface area (Å²) in [5.41, 5.74) is 0.428. The van der Waals surface area contributed by atoms with Crippen LogP contribution in [0.2, 0.25) is 0 Å². The average Bonchev–Trinajstić information content (AvgIpc) is 2.64. The number of esters is 1. The summed E-state index contributed by atoms with van der Waals surface area (Å²) in [6.45, 7) is 1.26. The van der Waals surface area contributed by atoms with Gasteiger partial charge in [0, 0.05) is 7.05 Å². The van der Waals surface area contributed by atoms with Crippen molar-refractivity contribution in [1.82, 2.24) is 14.5 Å². The van der Waals surface area contributed by atoms with Crippen LogP contribution in [0.1, 0.15) is 5.69 Å². The average molecular weight is 247 g/mol. The lowest BCUT2D eigenvalue weighted by Gasteiger charge is -2.14. The van der Waals surface area contributed by atoms with E-state index in [-0.39, 0.29) is 11.4 Å². The maximum atomic E-state index is 11.9. The van der Waals surface area contributed by atoms with E-state index in [2.05, 4.69) is 14.9 Å². The zero-order valence-corrected chi connectivity index (χ0v) is 10.0. The van der Waals surface area contributed by atoms with Crippen LogP contribution in [0.15, 0.2) is 11.1 Å². The number of rotatable bonds is 4. The molecule has 0 spiro atoms. The molecule has 0 aliphatic carbocycles. The number of nitrogens with one attached hydrogen (secondary N) is 1. The van der Waals surface area contributed by atoms with Crippen molar-refractivity contribution in [1.29, 1.82) is 0 Å². The van der Waals surface area contributed by atoms with Crippen LogP contribution in [-0.4, -0.2) is 49.6 Å². The second kappa shape index (κ2) is 4.62. The van der Waals surface area contributed by atoms with Crippen molar-refractivity contribution in [2.24, 2.45) is 0 Å². The molecule has 1 rings (SSSR count). The van der Waals surface area contributed by atoms with Gasteiger partial charge in [-0.25, -0.2) is 8.42 Å². The molecule has 0 amide bonds. The third-order valence-electron chi connectivity index (χ3n) is 2.05. The predicted molar refractivity (Wildman–Crippen MR) is 55.2 cm³/mol. The summed E-state index contributed by atoms with van der Waals surface area (Å²) in [6, 6.07) is 0. The number of hydrogen-bond donors (Lipinski definition) is 1. The van der Waals surface area contributed by atoms with E-state index in [1.807, 2.05) is 0 Å². The maximum absolute atomic E-state index is 11.9. The minimum atomic E-state index is -3.69. The molecule has 1 aromatic heterocycles. The minimum absolute atomic E-state index is 0.0545. The zero-order valence-electron chi connectivity index (χ0n) is 9.22. The van der Waals surface area contributed by atoms with E-state index in [1.54, 1.807) is 6.92 Å². The van der Waals surface area contributed by atoms with Gasteiger partial charge in [-0.1, -0.05) is 0 Å². The molecular formula is C8H13N3O4S. The highest BCUT2D eigenvalue weighted by molar-refractivity contribution is 7.89. The molecule has 90 valence electrons. The van der Waals surface area contributed by atoms with Crippen LogP contribution >= 0.6 is 0 Å². The third kappa shape index (κ3) is 2.39. The topological polar surface area (TPSA) is 92.4 Å². The summed E-state index contributed by atoms with van der Waals surface area (Å²) in [7, 11) is -1.19. The number of ether oxygens (including phenoxy) is 1. The molecule has 0 saturated carbocycles. The Labute approximate surface area is 93.4 Å². The molecule has 7 nitrogen and oxygen atoms in total. The summed E-state index contributed by atoms with van der Waals surface area (Å²) in [5, 5.41) is 6.15. The van der Waals surface area contributed by atoms with Crippen molar-refractivity contribution in [3.05, 3.63) is 11.9 Å². The molecule has 0 aliphatic heterocycles. The van der Waals surface area contributed by atoms with E-state index in [0.717, 1.165) is 4.31 Å². The second-order valence-corrected chi connectivity index (χ2v) is 5.21. The highest BCUT2D eigenvalue weighted by Crippen LogP contribution is 2.15. The van der Waals surface area contributed by atoms with Gasteiger partial charge in [-0.05, 0) is 6.92 Å². The summed E-state index contributed by atoms with van der Waals surface area (Å²) in [4.78, 5) is 11.0. The summed E-state index contributed by atoms with van der Waals surface area (Å²) in [5.74, 6) is -0.618. The largest absolute Gasteiger partial charge is 0.468 e. The number of nitrogens with zero attached hydrogens (tertiary/aromatic N) is 2. The molecule has 8 heteroatoms. The molecule has 0 bridgehead atoms. The lowest BCUT2D eigenvalue weighted by Crippen LogP contribution is -2.32. The van der Waals surface area contributed by atoms with Crippen molar-refractivity contribution in [2.75, 3.05) is 20.7 Å².